The molecule has 80 valence electrons. The lowest BCUT2D eigenvalue weighted by Gasteiger charge is -2.03. The Balaban J connectivity index is 2.80. The van der Waals surface area contributed by atoms with E-state index in [0.29, 0.717) is 9.99 Å². The average molecular weight is 279 g/mol. The molecule has 6 heteroatoms. The molecule has 0 aliphatic rings. The first kappa shape index (κ1) is 10.5. The lowest BCUT2D eigenvalue weighted by Crippen LogP contribution is -2.05. The summed E-state index contributed by atoms with van der Waals surface area (Å²) in [5, 5.41) is 5.74. The fraction of sp³-hybridized carbons (Fsp3) is 0.222. The van der Waals surface area contributed by atoms with Crippen LogP contribution in [0, 0.1) is 6.92 Å². The van der Waals surface area contributed by atoms with Crippen molar-refractivity contribution in [2.24, 2.45) is 0 Å². The first-order valence-corrected chi connectivity index (χ1v) is 4.90. The van der Waals surface area contributed by atoms with Gasteiger partial charge in [-0.25, -0.2) is 0 Å². The molecule has 15 heavy (non-hydrogen) atoms. The number of H-pyrrole nitrogens is 1. The Morgan fingerprint density at radius 3 is 2.60 bits per heavy atom. The van der Waals surface area contributed by atoms with E-state index in [9.17, 15) is 13.2 Å². The van der Waals surface area contributed by atoms with Crippen LogP contribution in [-0.2, 0) is 6.18 Å². The molecule has 0 saturated heterocycles. The lowest BCUT2D eigenvalue weighted by atomic mass is 10.1. The smallest absolute Gasteiger partial charge is 0.272 e. The van der Waals surface area contributed by atoms with E-state index in [-0.39, 0.29) is 5.39 Å². The molecule has 0 spiro atoms. The number of halogens is 4. The number of benzene rings is 1. The summed E-state index contributed by atoms with van der Waals surface area (Å²) in [5.74, 6) is 0. The zero-order valence-electron chi connectivity index (χ0n) is 7.61. The predicted octanol–water partition coefficient (Wildman–Crippen LogP) is 3.65. The number of hydrogen-bond acceptors (Lipinski definition) is 1. The summed E-state index contributed by atoms with van der Waals surface area (Å²) in [5.41, 5.74) is 0.246. The Bertz CT molecular complexity index is 516. The number of aryl methyl sites for hydroxylation is 1. The fourth-order valence-corrected chi connectivity index (χ4v) is 2.09. The monoisotopic (exact) mass is 278 g/mol. The summed E-state index contributed by atoms with van der Waals surface area (Å²) in [7, 11) is 0. The molecule has 0 unspecified atom stereocenters. The molecule has 0 atom stereocenters. The van der Waals surface area contributed by atoms with Crippen molar-refractivity contribution in [2.75, 3.05) is 0 Å². The largest absolute Gasteiger partial charge is 0.433 e. The van der Waals surface area contributed by atoms with Crippen molar-refractivity contribution < 1.29 is 13.2 Å². The molecule has 0 amide bonds. The molecule has 1 N–H and O–H groups in total. The maximum Gasteiger partial charge on any atom is 0.433 e. The van der Waals surface area contributed by atoms with Gasteiger partial charge in [0.2, 0.25) is 0 Å². The highest BCUT2D eigenvalue weighted by Gasteiger charge is 2.35. The maximum absolute atomic E-state index is 12.5. The number of rotatable bonds is 0. The minimum atomic E-state index is -4.40. The molecular weight excluding hydrogens is 273 g/mol. The number of nitrogens with zero attached hydrogens (tertiary/aromatic N) is 1. The number of hydrogen-bond donors (Lipinski definition) is 1. The summed E-state index contributed by atoms with van der Waals surface area (Å²) in [4.78, 5) is 0. The van der Waals surface area contributed by atoms with Gasteiger partial charge in [0.15, 0.2) is 0 Å². The molecule has 2 nitrogen and oxygen atoms in total. The van der Waals surface area contributed by atoms with E-state index in [1.165, 1.54) is 6.07 Å². The van der Waals surface area contributed by atoms with Gasteiger partial charge in [-0.05, 0) is 40.5 Å². The number of aromatic nitrogens is 2. The average Bonchev–Trinajstić information content (AvgIpc) is 2.45. The van der Waals surface area contributed by atoms with Gasteiger partial charge in [0.1, 0.15) is 11.2 Å². The molecular formula is C9H6BrF3N2. The highest BCUT2D eigenvalue weighted by atomic mass is 79.9. The number of alkyl halides is 3. The minimum Gasteiger partial charge on any atom is -0.272 e. The molecule has 0 saturated carbocycles. The van der Waals surface area contributed by atoms with E-state index < -0.39 is 11.9 Å². The Labute approximate surface area is 91.6 Å². The Hall–Kier alpha value is -1.04. The highest BCUT2D eigenvalue weighted by Crippen LogP contribution is 2.35. The third kappa shape index (κ3) is 1.73. The van der Waals surface area contributed by atoms with Crippen LogP contribution in [0.4, 0.5) is 13.2 Å². The molecule has 0 bridgehead atoms. The van der Waals surface area contributed by atoms with Gasteiger partial charge < -0.3 is 0 Å². The van der Waals surface area contributed by atoms with E-state index in [1.807, 2.05) is 5.10 Å². The predicted molar refractivity (Wildman–Crippen MR) is 53.5 cm³/mol. The summed E-state index contributed by atoms with van der Waals surface area (Å²) < 4.78 is 38.1. The zero-order valence-corrected chi connectivity index (χ0v) is 9.20. The molecule has 0 radical (unpaired) electrons. The van der Waals surface area contributed by atoms with Gasteiger partial charge in [-0.15, -0.1) is 0 Å². The summed E-state index contributed by atoms with van der Waals surface area (Å²) in [6, 6.07) is 3.19. The van der Waals surface area contributed by atoms with Crippen molar-refractivity contribution in [1.82, 2.24) is 10.2 Å². The molecule has 0 fully saturated rings. The summed E-state index contributed by atoms with van der Waals surface area (Å²) in [6.07, 6.45) is -4.40. The number of nitrogens with one attached hydrogen (secondary N) is 1. The van der Waals surface area contributed by atoms with E-state index in [2.05, 4.69) is 21.0 Å². The van der Waals surface area contributed by atoms with Crippen LogP contribution in [0.2, 0.25) is 0 Å². The van der Waals surface area contributed by atoms with E-state index in [1.54, 1.807) is 13.0 Å². The van der Waals surface area contributed by atoms with Crippen molar-refractivity contribution in [3.8, 4) is 0 Å². The van der Waals surface area contributed by atoms with Crippen LogP contribution in [0.1, 0.15) is 11.3 Å². The molecule has 1 heterocycles. The first-order valence-electron chi connectivity index (χ1n) is 4.11. The third-order valence-electron chi connectivity index (χ3n) is 2.04. The first-order chi connectivity index (χ1) is 6.89. The lowest BCUT2D eigenvalue weighted by molar-refractivity contribution is -0.139. The number of fused-ring (bicyclic) bond motifs is 1. The van der Waals surface area contributed by atoms with E-state index in [0.717, 1.165) is 5.56 Å². The Morgan fingerprint density at radius 1 is 1.33 bits per heavy atom. The van der Waals surface area contributed by atoms with Gasteiger partial charge >= 0.3 is 6.18 Å². The summed E-state index contributed by atoms with van der Waals surface area (Å²) >= 11 is 3.18. The van der Waals surface area contributed by atoms with Crippen LogP contribution in [0.25, 0.3) is 10.9 Å². The third-order valence-corrected chi connectivity index (χ3v) is 2.64. The molecule has 1 aromatic heterocycles. The maximum atomic E-state index is 12.5. The molecule has 1 aromatic carbocycles. The van der Waals surface area contributed by atoms with Crippen molar-refractivity contribution in [3.05, 3.63) is 27.9 Å². The van der Waals surface area contributed by atoms with Crippen molar-refractivity contribution in [3.63, 3.8) is 0 Å². The van der Waals surface area contributed by atoms with Crippen LogP contribution in [0.3, 0.4) is 0 Å². The Morgan fingerprint density at radius 2 is 2.00 bits per heavy atom. The number of aromatic amines is 1. The van der Waals surface area contributed by atoms with Crippen LogP contribution in [0.15, 0.2) is 16.6 Å². The van der Waals surface area contributed by atoms with Gasteiger partial charge in [0.25, 0.3) is 0 Å². The second-order valence-corrected chi connectivity index (χ2v) is 4.09. The van der Waals surface area contributed by atoms with Crippen LogP contribution in [0.5, 0.6) is 0 Å². The van der Waals surface area contributed by atoms with Gasteiger partial charge in [0, 0.05) is 9.86 Å². The normalized spacial score (nSPS) is 12.3. The van der Waals surface area contributed by atoms with Gasteiger partial charge in [0.05, 0.1) is 0 Å². The van der Waals surface area contributed by atoms with Gasteiger partial charge in [-0.1, -0.05) is 0 Å². The van der Waals surface area contributed by atoms with Crippen molar-refractivity contribution >= 4 is 26.8 Å². The van der Waals surface area contributed by atoms with Crippen LogP contribution in [-0.4, -0.2) is 10.2 Å². The highest BCUT2D eigenvalue weighted by molar-refractivity contribution is 9.10. The van der Waals surface area contributed by atoms with Crippen molar-refractivity contribution in [2.45, 2.75) is 13.1 Å². The molecule has 2 rings (SSSR count). The molecule has 0 aliphatic carbocycles. The van der Waals surface area contributed by atoms with E-state index in [4.69, 9.17) is 0 Å². The van der Waals surface area contributed by atoms with Gasteiger partial charge in [-0.2, -0.15) is 18.3 Å². The van der Waals surface area contributed by atoms with Crippen LogP contribution >= 0.6 is 15.9 Å². The minimum absolute atomic E-state index is 0.0920. The Kier molecular flexibility index (Phi) is 2.26. The molecule has 0 aliphatic heterocycles. The van der Waals surface area contributed by atoms with Gasteiger partial charge in [-0.3, -0.25) is 5.10 Å². The fourth-order valence-electron chi connectivity index (χ4n) is 1.43. The van der Waals surface area contributed by atoms with E-state index >= 15 is 0 Å². The standard InChI is InChI=1S/C9H6BrF3N2/c1-4-2-5-7(6(10)3-4)14-15-8(5)9(11,12)13/h2-3H,1H3,(H,14,15). The zero-order chi connectivity index (χ0) is 11.2. The SMILES string of the molecule is Cc1cc(Br)c2n[nH]c(C(F)(F)F)c2c1. The second-order valence-electron chi connectivity index (χ2n) is 3.24. The molecule has 2 aromatic rings. The quantitative estimate of drug-likeness (QED) is 0.783. The topological polar surface area (TPSA) is 28.7 Å². The summed E-state index contributed by atoms with van der Waals surface area (Å²) in [6.45, 7) is 1.73. The second kappa shape index (κ2) is 3.23. The van der Waals surface area contributed by atoms with Crippen LogP contribution < -0.4 is 0 Å². The van der Waals surface area contributed by atoms with Crippen molar-refractivity contribution in [1.29, 1.82) is 0 Å².